The Kier molecular flexibility index (Phi) is 3.16. The largest absolute Gasteiger partial charge is 0.368 e. The molecule has 0 saturated carbocycles. The van der Waals surface area contributed by atoms with Crippen LogP contribution in [-0.4, -0.2) is 17.7 Å². The van der Waals surface area contributed by atoms with Crippen LogP contribution in [0, 0.1) is 0 Å². The Morgan fingerprint density at radius 2 is 2.23 bits per heavy atom. The molecule has 0 spiro atoms. The Labute approximate surface area is 79.5 Å². The van der Waals surface area contributed by atoms with Crippen molar-refractivity contribution in [2.24, 2.45) is 11.5 Å². The standard InChI is InChI=1S/C8H10N2O2S/c9-5(8(10)12)4-6(11)7-2-1-3-13-7/h1-3,5H,4,9H2,(H2,10,12). The predicted octanol–water partition coefficient (Wildman–Crippen LogP) is 0.133. The van der Waals surface area contributed by atoms with E-state index in [0.717, 1.165) is 0 Å². The minimum absolute atomic E-state index is 0.0180. The number of hydrogen-bond donors (Lipinski definition) is 2. The second kappa shape index (κ2) is 4.15. The number of primary amides is 1. The average molecular weight is 198 g/mol. The maximum atomic E-state index is 11.3. The van der Waals surface area contributed by atoms with Crippen LogP contribution in [0.4, 0.5) is 0 Å². The highest BCUT2D eigenvalue weighted by atomic mass is 32.1. The maximum Gasteiger partial charge on any atom is 0.234 e. The van der Waals surface area contributed by atoms with Gasteiger partial charge in [-0.2, -0.15) is 0 Å². The number of Topliss-reactive ketones (excluding diaryl/α,β-unsaturated/α-hetero) is 1. The molecule has 0 aliphatic carbocycles. The number of carbonyl (C=O) groups is 2. The fourth-order valence-electron chi connectivity index (χ4n) is 0.838. The van der Waals surface area contributed by atoms with Crippen LogP contribution < -0.4 is 11.5 Å². The molecule has 1 aromatic rings. The van der Waals surface area contributed by atoms with E-state index in [1.165, 1.54) is 11.3 Å². The van der Waals surface area contributed by atoms with Crippen molar-refractivity contribution in [1.29, 1.82) is 0 Å². The fourth-order valence-corrected chi connectivity index (χ4v) is 1.51. The Balaban J connectivity index is 2.56. The SMILES string of the molecule is NC(=O)C(N)CC(=O)c1cccs1. The Morgan fingerprint density at radius 3 is 2.69 bits per heavy atom. The lowest BCUT2D eigenvalue weighted by Crippen LogP contribution is -2.38. The summed E-state index contributed by atoms with van der Waals surface area (Å²) in [6.45, 7) is 0. The monoisotopic (exact) mass is 198 g/mol. The molecule has 1 heterocycles. The van der Waals surface area contributed by atoms with E-state index in [-0.39, 0.29) is 12.2 Å². The third-order valence-electron chi connectivity index (χ3n) is 1.57. The lowest BCUT2D eigenvalue weighted by atomic mass is 10.1. The molecular weight excluding hydrogens is 188 g/mol. The first kappa shape index (κ1) is 9.88. The van der Waals surface area contributed by atoms with Crippen LogP contribution in [0.25, 0.3) is 0 Å². The number of nitrogens with two attached hydrogens (primary N) is 2. The summed E-state index contributed by atoms with van der Waals surface area (Å²) in [7, 11) is 0. The highest BCUT2D eigenvalue weighted by Crippen LogP contribution is 2.11. The first-order valence-electron chi connectivity index (χ1n) is 3.73. The lowest BCUT2D eigenvalue weighted by Gasteiger charge is -2.03. The van der Waals surface area contributed by atoms with Gasteiger partial charge in [0.15, 0.2) is 5.78 Å². The summed E-state index contributed by atoms with van der Waals surface area (Å²) in [5, 5.41) is 1.79. The summed E-state index contributed by atoms with van der Waals surface area (Å²) < 4.78 is 0. The van der Waals surface area contributed by atoms with Gasteiger partial charge in [0, 0.05) is 6.42 Å². The van der Waals surface area contributed by atoms with Crippen molar-refractivity contribution in [1.82, 2.24) is 0 Å². The molecule has 1 unspecified atom stereocenters. The van der Waals surface area contributed by atoms with Gasteiger partial charge in [0.2, 0.25) is 5.91 Å². The van der Waals surface area contributed by atoms with Crippen molar-refractivity contribution in [3.63, 3.8) is 0 Å². The van der Waals surface area contributed by atoms with Crippen LogP contribution >= 0.6 is 11.3 Å². The third-order valence-corrected chi connectivity index (χ3v) is 2.48. The first-order valence-corrected chi connectivity index (χ1v) is 4.61. The minimum atomic E-state index is -0.880. The number of rotatable bonds is 4. The maximum absolute atomic E-state index is 11.3. The molecule has 4 N–H and O–H groups in total. The Bertz CT molecular complexity index is 308. The van der Waals surface area contributed by atoms with Crippen molar-refractivity contribution >= 4 is 23.0 Å². The highest BCUT2D eigenvalue weighted by Gasteiger charge is 2.16. The van der Waals surface area contributed by atoms with Gasteiger partial charge in [-0.25, -0.2) is 0 Å². The van der Waals surface area contributed by atoms with Gasteiger partial charge in [-0.1, -0.05) is 6.07 Å². The quantitative estimate of drug-likeness (QED) is 0.674. The third kappa shape index (κ3) is 2.64. The molecule has 5 heteroatoms. The zero-order valence-electron chi connectivity index (χ0n) is 6.90. The summed E-state index contributed by atoms with van der Waals surface area (Å²) in [5.74, 6) is -0.786. The molecule has 0 aliphatic rings. The molecule has 1 rings (SSSR count). The molecule has 0 aromatic carbocycles. The van der Waals surface area contributed by atoms with E-state index >= 15 is 0 Å². The van der Waals surface area contributed by atoms with Crippen LogP contribution in [0.15, 0.2) is 17.5 Å². The molecule has 4 nitrogen and oxygen atoms in total. The first-order chi connectivity index (χ1) is 6.11. The number of amides is 1. The summed E-state index contributed by atoms with van der Waals surface area (Å²) >= 11 is 1.33. The van der Waals surface area contributed by atoms with Gasteiger partial charge >= 0.3 is 0 Å². The van der Waals surface area contributed by atoms with Crippen LogP contribution in [0.1, 0.15) is 16.1 Å². The second-order valence-electron chi connectivity index (χ2n) is 2.61. The van der Waals surface area contributed by atoms with Crippen LogP contribution in [0.5, 0.6) is 0 Å². The molecule has 0 aliphatic heterocycles. The minimum Gasteiger partial charge on any atom is -0.368 e. The highest BCUT2D eigenvalue weighted by molar-refractivity contribution is 7.12. The van der Waals surface area contributed by atoms with Gasteiger partial charge in [-0.3, -0.25) is 9.59 Å². The van der Waals surface area contributed by atoms with E-state index in [1.54, 1.807) is 17.5 Å². The molecule has 1 aromatic heterocycles. The van der Waals surface area contributed by atoms with E-state index in [0.29, 0.717) is 4.88 Å². The van der Waals surface area contributed by atoms with Crippen molar-refractivity contribution in [3.8, 4) is 0 Å². The number of hydrogen-bond acceptors (Lipinski definition) is 4. The van der Waals surface area contributed by atoms with Crippen molar-refractivity contribution in [2.45, 2.75) is 12.5 Å². The molecule has 0 fully saturated rings. The summed E-state index contributed by atoms with van der Waals surface area (Å²) in [5.41, 5.74) is 10.3. The van der Waals surface area contributed by atoms with E-state index in [4.69, 9.17) is 11.5 Å². The van der Waals surface area contributed by atoms with E-state index in [1.807, 2.05) is 0 Å². The smallest absolute Gasteiger partial charge is 0.234 e. The number of thiophene rings is 1. The van der Waals surface area contributed by atoms with E-state index in [2.05, 4.69) is 0 Å². The van der Waals surface area contributed by atoms with Crippen molar-refractivity contribution in [2.75, 3.05) is 0 Å². The Morgan fingerprint density at radius 1 is 1.54 bits per heavy atom. The van der Waals surface area contributed by atoms with Gasteiger partial charge in [-0.15, -0.1) is 11.3 Å². The normalized spacial score (nSPS) is 12.4. The van der Waals surface area contributed by atoms with Gasteiger partial charge in [0.1, 0.15) is 0 Å². The molecular formula is C8H10N2O2S. The summed E-state index contributed by atoms with van der Waals surface area (Å²) in [4.78, 5) is 22.5. The van der Waals surface area contributed by atoms with Crippen LogP contribution in [0.3, 0.4) is 0 Å². The molecule has 0 radical (unpaired) electrons. The molecule has 70 valence electrons. The molecule has 0 bridgehead atoms. The average Bonchev–Trinajstić information content (AvgIpc) is 2.55. The molecule has 1 atom stereocenters. The Hall–Kier alpha value is -1.20. The number of ketones is 1. The van der Waals surface area contributed by atoms with Gasteiger partial charge in [0.25, 0.3) is 0 Å². The molecule has 1 amide bonds. The van der Waals surface area contributed by atoms with Gasteiger partial charge in [0.05, 0.1) is 10.9 Å². The predicted molar refractivity (Wildman–Crippen MR) is 50.4 cm³/mol. The van der Waals surface area contributed by atoms with Crippen LogP contribution in [0.2, 0.25) is 0 Å². The molecule has 0 saturated heterocycles. The van der Waals surface area contributed by atoms with Crippen molar-refractivity contribution < 1.29 is 9.59 Å². The summed E-state index contributed by atoms with van der Waals surface area (Å²) in [6.07, 6.45) is -0.0180. The van der Waals surface area contributed by atoms with Crippen LogP contribution in [-0.2, 0) is 4.79 Å². The van der Waals surface area contributed by atoms with Gasteiger partial charge < -0.3 is 11.5 Å². The summed E-state index contributed by atoms with van der Waals surface area (Å²) in [6, 6.07) is 2.59. The zero-order chi connectivity index (χ0) is 9.84. The topological polar surface area (TPSA) is 86.2 Å². The lowest BCUT2D eigenvalue weighted by molar-refractivity contribution is -0.119. The fraction of sp³-hybridized carbons (Fsp3) is 0.250. The van der Waals surface area contributed by atoms with Crippen molar-refractivity contribution in [3.05, 3.63) is 22.4 Å². The van der Waals surface area contributed by atoms with E-state index < -0.39 is 11.9 Å². The number of carbonyl (C=O) groups excluding carboxylic acids is 2. The van der Waals surface area contributed by atoms with Gasteiger partial charge in [-0.05, 0) is 11.4 Å². The zero-order valence-corrected chi connectivity index (χ0v) is 7.71. The molecule has 13 heavy (non-hydrogen) atoms. The van der Waals surface area contributed by atoms with E-state index in [9.17, 15) is 9.59 Å². The second-order valence-corrected chi connectivity index (χ2v) is 3.56.